The summed E-state index contributed by atoms with van der Waals surface area (Å²) >= 11 is 1.44. The van der Waals surface area contributed by atoms with Crippen LogP contribution in [0.5, 0.6) is 0 Å². The van der Waals surface area contributed by atoms with Crippen LogP contribution in [0.25, 0.3) is 0 Å². The molecule has 3 heterocycles. The number of H-pyrrole nitrogens is 1. The van der Waals surface area contributed by atoms with Crippen LogP contribution in [0.1, 0.15) is 40.6 Å². The lowest BCUT2D eigenvalue weighted by atomic mass is 9.94. The van der Waals surface area contributed by atoms with Gasteiger partial charge >= 0.3 is 0 Å². The van der Waals surface area contributed by atoms with Crippen molar-refractivity contribution in [3.63, 3.8) is 0 Å². The highest BCUT2D eigenvalue weighted by atomic mass is 32.1. The summed E-state index contributed by atoms with van der Waals surface area (Å²) in [5.74, 6) is 0.261. The first-order valence-electron chi connectivity index (χ1n) is 7.10. The minimum absolute atomic E-state index is 0.00654. The van der Waals surface area contributed by atoms with Crippen LogP contribution in [0, 0.1) is 0 Å². The Morgan fingerprint density at radius 1 is 1.57 bits per heavy atom. The molecule has 1 saturated heterocycles. The minimum Gasteiger partial charge on any atom is -0.396 e. The first-order valence-corrected chi connectivity index (χ1v) is 8.04. The van der Waals surface area contributed by atoms with Gasteiger partial charge in [0.05, 0.1) is 11.2 Å². The Morgan fingerprint density at radius 2 is 2.48 bits per heavy atom. The highest BCUT2D eigenvalue weighted by Gasteiger charge is 2.27. The third-order valence-electron chi connectivity index (χ3n) is 3.81. The van der Waals surface area contributed by atoms with Crippen LogP contribution in [-0.4, -0.2) is 50.8 Å². The lowest BCUT2D eigenvalue weighted by Gasteiger charge is -2.31. The van der Waals surface area contributed by atoms with Crippen LogP contribution in [0.3, 0.4) is 0 Å². The molecule has 0 aromatic carbocycles. The zero-order chi connectivity index (χ0) is 14.7. The van der Waals surface area contributed by atoms with Gasteiger partial charge in [0.25, 0.3) is 5.91 Å². The second-order valence-corrected chi connectivity index (χ2v) is 5.97. The van der Waals surface area contributed by atoms with Gasteiger partial charge in [0, 0.05) is 43.1 Å². The summed E-state index contributed by atoms with van der Waals surface area (Å²) in [4.78, 5) is 18.3. The number of aliphatic hydroxyl groups is 1. The smallest absolute Gasteiger partial charge is 0.273 e. The van der Waals surface area contributed by atoms with Gasteiger partial charge in [-0.05, 0) is 18.9 Å². The number of thiazole rings is 1. The first-order chi connectivity index (χ1) is 10.3. The van der Waals surface area contributed by atoms with Crippen molar-refractivity contribution in [3.8, 4) is 0 Å². The van der Waals surface area contributed by atoms with Crippen molar-refractivity contribution >= 4 is 17.2 Å². The van der Waals surface area contributed by atoms with E-state index in [0.29, 0.717) is 18.7 Å². The molecule has 2 N–H and O–H groups in total. The molecule has 2 aromatic heterocycles. The van der Waals surface area contributed by atoms with Crippen LogP contribution in [0.4, 0.5) is 0 Å². The average molecular weight is 306 g/mol. The molecule has 1 atom stereocenters. The first kappa shape index (κ1) is 14.2. The number of nitrogens with one attached hydrogen (secondary N) is 1. The molecule has 1 fully saturated rings. The molecular formula is C14H18N4O2S. The molecule has 0 bridgehead atoms. The summed E-state index contributed by atoms with van der Waals surface area (Å²) in [5, 5.41) is 18.0. The molecule has 7 heteroatoms. The lowest BCUT2D eigenvalue weighted by molar-refractivity contribution is 0.0700. The topological polar surface area (TPSA) is 82.1 Å². The van der Waals surface area contributed by atoms with Gasteiger partial charge in [0.15, 0.2) is 0 Å². The van der Waals surface area contributed by atoms with Crippen LogP contribution in [-0.2, 0) is 6.42 Å². The molecule has 21 heavy (non-hydrogen) atoms. The van der Waals surface area contributed by atoms with Crippen LogP contribution in [0.2, 0.25) is 0 Å². The van der Waals surface area contributed by atoms with E-state index in [4.69, 9.17) is 5.11 Å². The summed E-state index contributed by atoms with van der Waals surface area (Å²) < 4.78 is 0. The molecule has 1 unspecified atom stereocenters. The van der Waals surface area contributed by atoms with Crippen LogP contribution >= 0.6 is 11.3 Å². The molecule has 6 nitrogen and oxygen atoms in total. The third-order valence-corrected chi connectivity index (χ3v) is 4.40. The number of carbonyl (C=O) groups is 1. The highest BCUT2D eigenvalue weighted by molar-refractivity contribution is 7.07. The minimum atomic E-state index is 0.00654. The fraction of sp³-hybridized carbons (Fsp3) is 0.500. The molecular weight excluding hydrogens is 288 g/mol. The Kier molecular flexibility index (Phi) is 4.31. The van der Waals surface area contributed by atoms with E-state index in [1.54, 1.807) is 10.9 Å². The van der Waals surface area contributed by atoms with E-state index in [1.165, 1.54) is 11.3 Å². The van der Waals surface area contributed by atoms with Gasteiger partial charge in [-0.15, -0.1) is 11.3 Å². The molecule has 1 aliphatic rings. The fourth-order valence-corrected chi connectivity index (χ4v) is 3.25. The molecule has 0 spiro atoms. The number of hydrogen-bond donors (Lipinski definition) is 2. The van der Waals surface area contributed by atoms with Crippen molar-refractivity contribution in [2.45, 2.75) is 25.2 Å². The Balaban J connectivity index is 1.69. The van der Waals surface area contributed by atoms with Crippen LogP contribution < -0.4 is 0 Å². The van der Waals surface area contributed by atoms with Gasteiger partial charge in [-0.2, -0.15) is 5.10 Å². The maximum Gasteiger partial charge on any atom is 0.273 e. The third kappa shape index (κ3) is 3.14. The van der Waals surface area contributed by atoms with E-state index in [0.717, 1.165) is 30.8 Å². The molecule has 0 aliphatic carbocycles. The Hall–Kier alpha value is -1.73. The lowest BCUT2D eigenvalue weighted by Crippen LogP contribution is -2.39. The second kappa shape index (κ2) is 6.36. The monoisotopic (exact) mass is 306 g/mol. The Labute approximate surface area is 126 Å². The zero-order valence-electron chi connectivity index (χ0n) is 11.7. The second-order valence-electron chi connectivity index (χ2n) is 5.26. The number of aromatic nitrogens is 3. The van der Waals surface area contributed by atoms with Gasteiger partial charge in [0.2, 0.25) is 0 Å². The number of rotatable bonds is 4. The summed E-state index contributed by atoms with van der Waals surface area (Å²) in [6.07, 6.45) is 2.59. The maximum absolute atomic E-state index is 12.4. The van der Waals surface area contributed by atoms with Gasteiger partial charge in [-0.3, -0.25) is 9.89 Å². The number of nitrogens with zero attached hydrogens (tertiary/aromatic N) is 3. The molecule has 1 amide bonds. The quantitative estimate of drug-likeness (QED) is 0.895. The summed E-state index contributed by atoms with van der Waals surface area (Å²) in [5.41, 5.74) is 4.14. The average Bonchev–Trinajstić information content (AvgIpc) is 3.18. The van der Waals surface area contributed by atoms with Gasteiger partial charge in [0.1, 0.15) is 5.69 Å². The normalized spacial score (nSPS) is 18.9. The van der Waals surface area contributed by atoms with Gasteiger partial charge in [-0.1, -0.05) is 0 Å². The van der Waals surface area contributed by atoms with Crippen molar-refractivity contribution < 1.29 is 9.90 Å². The standard InChI is InChI=1S/C14H18N4O2S/c19-5-3-11-6-12(17-16-11)10-2-1-4-18(7-10)14(20)13-8-21-9-15-13/h6,8-10,19H,1-5,7H2,(H,16,17). The number of piperidine rings is 1. The number of aliphatic hydroxyl groups excluding tert-OH is 1. The van der Waals surface area contributed by atoms with E-state index in [2.05, 4.69) is 15.2 Å². The predicted octanol–water partition coefficient (Wildman–Crippen LogP) is 1.42. The highest BCUT2D eigenvalue weighted by Crippen LogP contribution is 2.27. The van der Waals surface area contributed by atoms with Crippen molar-refractivity contribution in [2.24, 2.45) is 0 Å². The number of carbonyl (C=O) groups excluding carboxylic acids is 1. The molecule has 0 radical (unpaired) electrons. The van der Waals surface area contributed by atoms with E-state index < -0.39 is 0 Å². The molecule has 3 rings (SSSR count). The van der Waals surface area contributed by atoms with E-state index in [1.807, 2.05) is 11.0 Å². The van der Waals surface area contributed by atoms with Gasteiger partial charge < -0.3 is 10.0 Å². The summed E-state index contributed by atoms with van der Waals surface area (Å²) in [7, 11) is 0. The Bertz CT molecular complexity index is 596. The Morgan fingerprint density at radius 3 is 3.24 bits per heavy atom. The largest absolute Gasteiger partial charge is 0.396 e. The summed E-state index contributed by atoms with van der Waals surface area (Å²) in [6.45, 7) is 1.57. The maximum atomic E-state index is 12.4. The molecule has 0 saturated carbocycles. The van der Waals surface area contributed by atoms with Crippen molar-refractivity contribution in [1.82, 2.24) is 20.1 Å². The fourth-order valence-electron chi connectivity index (χ4n) is 2.72. The van der Waals surface area contributed by atoms with Crippen molar-refractivity contribution in [3.05, 3.63) is 34.0 Å². The number of amides is 1. The zero-order valence-corrected chi connectivity index (χ0v) is 12.5. The number of likely N-dealkylation sites (tertiary alicyclic amines) is 1. The van der Waals surface area contributed by atoms with E-state index in [9.17, 15) is 4.79 Å². The van der Waals surface area contributed by atoms with E-state index in [-0.39, 0.29) is 18.4 Å². The van der Waals surface area contributed by atoms with Crippen molar-refractivity contribution in [2.75, 3.05) is 19.7 Å². The molecule has 112 valence electrons. The van der Waals surface area contributed by atoms with Crippen molar-refractivity contribution in [1.29, 1.82) is 0 Å². The molecule has 2 aromatic rings. The SMILES string of the molecule is O=C(c1cscn1)N1CCCC(c2cc(CCO)[nH]n2)C1. The van der Waals surface area contributed by atoms with E-state index >= 15 is 0 Å². The van der Waals surface area contributed by atoms with Gasteiger partial charge in [-0.25, -0.2) is 4.98 Å². The predicted molar refractivity (Wildman–Crippen MR) is 79.4 cm³/mol. The van der Waals surface area contributed by atoms with Crippen LogP contribution in [0.15, 0.2) is 17.0 Å². The number of aromatic amines is 1. The molecule has 1 aliphatic heterocycles. The summed E-state index contributed by atoms with van der Waals surface area (Å²) in [6, 6.07) is 2.00. The number of hydrogen-bond acceptors (Lipinski definition) is 5.